The second-order valence-corrected chi connectivity index (χ2v) is 8.19. The van der Waals surface area contributed by atoms with E-state index in [0.717, 1.165) is 27.7 Å². The van der Waals surface area contributed by atoms with Crippen LogP contribution in [-0.2, 0) is 22.7 Å². The number of carbonyl (C=O) groups is 4. The van der Waals surface area contributed by atoms with Gasteiger partial charge in [0.1, 0.15) is 0 Å². The second-order valence-electron chi connectivity index (χ2n) is 8.19. The summed E-state index contributed by atoms with van der Waals surface area (Å²) >= 11 is 0. The number of amides is 5. The van der Waals surface area contributed by atoms with Gasteiger partial charge in [0, 0.05) is 48.0 Å². The van der Waals surface area contributed by atoms with Crippen LogP contribution in [0.2, 0.25) is 0 Å². The summed E-state index contributed by atoms with van der Waals surface area (Å²) in [5.74, 6) is -1.33. The van der Waals surface area contributed by atoms with E-state index in [2.05, 4.69) is 9.88 Å². The first-order valence-corrected chi connectivity index (χ1v) is 10.4. The van der Waals surface area contributed by atoms with Crippen molar-refractivity contribution in [3.8, 4) is 0 Å². The van der Waals surface area contributed by atoms with Crippen LogP contribution in [0.15, 0.2) is 42.5 Å². The Morgan fingerprint density at radius 3 is 2.64 bits per heavy atom. The van der Waals surface area contributed by atoms with E-state index >= 15 is 0 Å². The molecule has 0 radical (unpaired) electrons. The van der Waals surface area contributed by atoms with Crippen molar-refractivity contribution in [3.05, 3.63) is 64.8 Å². The molecule has 2 aromatic carbocycles. The number of anilines is 1. The highest BCUT2D eigenvalue weighted by atomic mass is 16.5. The summed E-state index contributed by atoms with van der Waals surface area (Å²) in [6.07, 6.45) is 0.606. The Morgan fingerprint density at radius 2 is 1.94 bits per heavy atom. The summed E-state index contributed by atoms with van der Waals surface area (Å²) < 4.78 is 2.07. The van der Waals surface area contributed by atoms with Crippen LogP contribution >= 0.6 is 0 Å². The van der Waals surface area contributed by atoms with E-state index in [-0.39, 0.29) is 11.9 Å². The van der Waals surface area contributed by atoms with Gasteiger partial charge in [-0.2, -0.15) is 0 Å². The van der Waals surface area contributed by atoms with Crippen molar-refractivity contribution in [1.29, 1.82) is 0 Å². The molecule has 5 amide bonds. The standard InChI is InChI=1S/C23H21N5O5/c1-26-22(31)17-10-27(23(26)32)11-19-20(17)16-8-15(24-12-29)6-7-18(16)28(19)9-13-2-4-14(5-3-13)21(30)25-33/h2-8,12,17,33H,9-11H2,1H3,(H,24,29)(H,25,30). The van der Waals surface area contributed by atoms with Crippen molar-refractivity contribution in [2.45, 2.75) is 19.0 Å². The van der Waals surface area contributed by atoms with Gasteiger partial charge in [-0.3, -0.25) is 24.5 Å². The molecule has 10 heteroatoms. The van der Waals surface area contributed by atoms with E-state index < -0.39 is 11.8 Å². The molecule has 1 atom stereocenters. The third kappa shape index (κ3) is 3.23. The molecule has 0 saturated carbocycles. The minimum absolute atomic E-state index is 0.246. The van der Waals surface area contributed by atoms with Gasteiger partial charge in [-0.25, -0.2) is 10.3 Å². The first kappa shape index (κ1) is 20.7. The zero-order valence-electron chi connectivity index (χ0n) is 17.7. The number of nitrogens with one attached hydrogen (secondary N) is 2. The van der Waals surface area contributed by atoms with Gasteiger partial charge in [0.25, 0.3) is 5.91 Å². The van der Waals surface area contributed by atoms with Crippen molar-refractivity contribution in [1.82, 2.24) is 19.8 Å². The lowest BCUT2D eigenvalue weighted by Crippen LogP contribution is -2.56. The van der Waals surface area contributed by atoms with Crippen LogP contribution in [0, 0.1) is 0 Å². The molecule has 5 rings (SSSR count). The molecular weight excluding hydrogens is 426 g/mol. The predicted octanol–water partition coefficient (Wildman–Crippen LogP) is 1.87. The zero-order valence-corrected chi connectivity index (χ0v) is 17.7. The van der Waals surface area contributed by atoms with E-state index in [1.807, 2.05) is 12.1 Å². The molecule has 0 aliphatic carbocycles. The highest BCUT2D eigenvalue weighted by molar-refractivity contribution is 6.04. The van der Waals surface area contributed by atoms with Gasteiger partial charge in [0.2, 0.25) is 12.3 Å². The van der Waals surface area contributed by atoms with Crippen LogP contribution in [0.1, 0.15) is 33.1 Å². The first-order chi connectivity index (χ1) is 15.9. The van der Waals surface area contributed by atoms with Crippen LogP contribution < -0.4 is 10.8 Å². The lowest BCUT2D eigenvalue weighted by Gasteiger charge is -2.41. The molecule has 3 N–H and O–H groups in total. The number of nitrogens with zero attached hydrogens (tertiary/aromatic N) is 3. The average Bonchev–Trinajstić information content (AvgIpc) is 3.14. The van der Waals surface area contributed by atoms with Crippen molar-refractivity contribution in [2.75, 3.05) is 18.9 Å². The van der Waals surface area contributed by atoms with Crippen LogP contribution in [0.4, 0.5) is 10.5 Å². The van der Waals surface area contributed by atoms with Crippen LogP contribution in [-0.4, -0.2) is 57.4 Å². The summed E-state index contributed by atoms with van der Waals surface area (Å²) in [4.78, 5) is 51.1. The van der Waals surface area contributed by atoms with E-state index in [9.17, 15) is 19.2 Å². The Labute approximate surface area is 188 Å². The van der Waals surface area contributed by atoms with E-state index in [4.69, 9.17) is 5.21 Å². The molecule has 10 nitrogen and oxygen atoms in total. The fourth-order valence-electron chi connectivity index (χ4n) is 4.78. The maximum absolute atomic E-state index is 13.0. The minimum atomic E-state index is -0.595. The van der Waals surface area contributed by atoms with E-state index in [0.29, 0.717) is 37.3 Å². The second kappa shape index (κ2) is 7.75. The minimum Gasteiger partial charge on any atom is -0.338 e. The number of fused-ring (bicyclic) bond motifs is 6. The summed E-state index contributed by atoms with van der Waals surface area (Å²) in [5.41, 5.74) is 6.08. The first-order valence-electron chi connectivity index (χ1n) is 10.4. The molecule has 3 aromatic rings. The molecule has 2 aliphatic heterocycles. The molecule has 1 aromatic heterocycles. The molecule has 0 spiro atoms. The quantitative estimate of drug-likeness (QED) is 0.313. The topological polar surface area (TPSA) is 124 Å². The molecule has 1 fully saturated rings. The number of hydrogen-bond donors (Lipinski definition) is 3. The Hall–Kier alpha value is -4.18. The number of hydrogen-bond acceptors (Lipinski definition) is 5. The number of benzene rings is 2. The Bertz CT molecular complexity index is 1310. The monoisotopic (exact) mass is 447 g/mol. The Balaban J connectivity index is 1.65. The van der Waals surface area contributed by atoms with Gasteiger partial charge in [-0.15, -0.1) is 0 Å². The largest absolute Gasteiger partial charge is 0.338 e. The molecule has 2 bridgehead atoms. The third-order valence-electron chi connectivity index (χ3n) is 6.38. The Kier molecular flexibility index (Phi) is 4.86. The summed E-state index contributed by atoms with van der Waals surface area (Å²) in [5, 5.41) is 12.3. The maximum Gasteiger partial charge on any atom is 0.326 e. The number of aromatic nitrogens is 1. The van der Waals surface area contributed by atoms with Crippen molar-refractivity contribution in [2.24, 2.45) is 0 Å². The van der Waals surface area contributed by atoms with Gasteiger partial charge in [0.15, 0.2) is 0 Å². The average molecular weight is 447 g/mol. The summed E-state index contributed by atoms with van der Waals surface area (Å²) in [6, 6.07) is 12.0. The molecule has 1 saturated heterocycles. The van der Waals surface area contributed by atoms with Crippen LogP contribution in [0.3, 0.4) is 0 Å². The predicted molar refractivity (Wildman–Crippen MR) is 118 cm³/mol. The smallest absolute Gasteiger partial charge is 0.326 e. The normalized spacial score (nSPS) is 17.2. The van der Waals surface area contributed by atoms with Crippen LogP contribution in [0.25, 0.3) is 10.9 Å². The number of imide groups is 1. The highest BCUT2D eigenvalue weighted by Crippen LogP contribution is 2.41. The molecule has 1 unspecified atom stereocenters. The van der Waals surface area contributed by atoms with Crippen LogP contribution in [0.5, 0.6) is 0 Å². The molecule has 168 valence electrons. The molecular formula is C23H21N5O5. The van der Waals surface area contributed by atoms with Gasteiger partial charge >= 0.3 is 6.03 Å². The van der Waals surface area contributed by atoms with Gasteiger partial charge in [-0.05, 0) is 41.5 Å². The van der Waals surface area contributed by atoms with Gasteiger partial charge in [0.05, 0.1) is 12.5 Å². The Morgan fingerprint density at radius 1 is 1.18 bits per heavy atom. The molecule has 33 heavy (non-hydrogen) atoms. The molecule has 2 aliphatic rings. The summed E-state index contributed by atoms with van der Waals surface area (Å²) in [7, 11) is 1.50. The fraction of sp³-hybridized carbons (Fsp3) is 0.217. The van der Waals surface area contributed by atoms with Crippen molar-refractivity contribution < 1.29 is 24.4 Å². The lowest BCUT2D eigenvalue weighted by molar-refractivity contribution is -0.132. The zero-order chi connectivity index (χ0) is 23.3. The maximum atomic E-state index is 13.0. The third-order valence-corrected chi connectivity index (χ3v) is 6.38. The van der Waals surface area contributed by atoms with E-state index in [1.54, 1.807) is 40.7 Å². The van der Waals surface area contributed by atoms with Crippen molar-refractivity contribution >= 4 is 40.8 Å². The number of rotatable bonds is 5. The highest BCUT2D eigenvalue weighted by Gasteiger charge is 2.44. The summed E-state index contributed by atoms with van der Waals surface area (Å²) in [6.45, 7) is 1.13. The number of hydroxylamine groups is 1. The SMILES string of the molecule is CN1C(=O)C2CN(Cc3c2c2cc(NC=O)ccc2n3Cc2ccc(C(=O)NO)cc2)C1=O. The number of urea groups is 1. The fourth-order valence-corrected chi connectivity index (χ4v) is 4.78. The number of carbonyl (C=O) groups excluding carboxylic acids is 4. The molecule has 3 heterocycles. The number of likely N-dealkylation sites (N-methyl/N-ethyl adjacent to an activating group) is 1. The lowest BCUT2D eigenvalue weighted by atomic mass is 9.89. The van der Waals surface area contributed by atoms with Gasteiger partial charge < -0.3 is 14.8 Å². The van der Waals surface area contributed by atoms with Crippen molar-refractivity contribution in [3.63, 3.8) is 0 Å². The van der Waals surface area contributed by atoms with E-state index in [1.165, 1.54) is 11.9 Å². The van der Waals surface area contributed by atoms with Gasteiger partial charge in [-0.1, -0.05) is 12.1 Å².